The van der Waals surface area contributed by atoms with E-state index in [1.807, 2.05) is 0 Å². The van der Waals surface area contributed by atoms with E-state index in [0.29, 0.717) is 11.8 Å². The van der Waals surface area contributed by atoms with Gasteiger partial charge >= 0.3 is 6.18 Å². The minimum Gasteiger partial charge on any atom is -0.384 e. The van der Waals surface area contributed by atoms with Gasteiger partial charge in [-0.1, -0.05) is 30.3 Å². The van der Waals surface area contributed by atoms with Gasteiger partial charge in [-0.15, -0.1) is 0 Å². The smallest absolute Gasteiger partial charge is 0.384 e. The number of alkyl halides is 3. The van der Waals surface area contributed by atoms with Crippen LogP contribution in [0, 0.1) is 17.5 Å². The van der Waals surface area contributed by atoms with E-state index >= 15 is 0 Å². The Morgan fingerprint density at radius 2 is 1.41 bits per heavy atom. The van der Waals surface area contributed by atoms with E-state index in [4.69, 9.17) is 0 Å². The molecule has 0 unspecified atom stereocenters. The molecule has 0 amide bonds. The second kappa shape index (κ2) is 8.32. The zero-order valence-corrected chi connectivity index (χ0v) is 18.0. The fourth-order valence-corrected chi connectivity index (χ4v) is 3.53. The Morgan fingerprint density at radius 3 is 2.03 bits per heavy atom. The lowest BCUT2D eigenvalue weighted by Gasteiger charge is -2.14. The van der Waals surface area contributed by atoms with E-state index < -0.39 is 34.8 Å². The van der Waals surface area contributed by atoms with Gasteiger partial charge in [-0.3, -0.25) is 4.57 Å². The summed E-state index contributed by atoms with van der Waals surface area (Å²) >= 11 is 0. The number of halogens is 6. The van der Waals surface area contributed by atoms with Gasteiger partial charge < -0.3 is 5.11 Å². The molecule has 0 saturated carbocycles. The SMILES string of the molecule is CC(C)(O)c1cn(-c2ccc(-c3cc(F)c(F)cc3F)cc2)c(-c2ccccc2C(F)(F)F)n1. The first-order valence-electron chi connectivity index (χ1n) is 10.1. The van der Waals surface area contributed by atoms with Crippen LogP contribution < -0.4 is 0 Å². The zero-order chi connectivity index (χ0) is 24.8. The first kappa shape index (κ1) is 23.6. The summed E-state index contributed by atoms with van der Waals surface area (Å²) < 4.78 is 83.4. The molecule has 1 heterocycles. The minimum absolute atomic E-state index is 0.0585. The molecule has 1 aromatic heterocycles. The number of hydrogen-bond acceptors (Lipinski definition) is 2. The second-order valence-electron chi connectivity index (χ2n) is 8.22. The van der Waals surface area contributed by atoms with Gasteiger partial charge in [0.2, 0.25) is 0 Å². The first-order valence-corrected chi connectivity index (χ1v) is 10.1. The summed E-state index contributed by atoms with van der Waals surface area (Å²) in [4.78, 5) is 4.28. The van der Waals surface area contributed by atoms with Crippen LogP contribution in [-0.4, -0.2) is 14.7 Å². The molecule has 34 heavy (non-hydrogen) atoms. The lowest BCUT2D eigenvalue weighted by Crippen LogP contribution is -2.15. The molecule has 3 nitrogen and oxygen atoms in total. The molecule has 0 fully saturated rings. The Bertz CT molecular complexity index is 1350. The highest BCUT2D eigenvalue weighted by Gasteiger charge is 2.35. The molecular weight excluding hydrogens is 458 g/mol. The Balaban J connectivity index is 1.86. The summed E-state index contributed by atoms with van der Waals surface area (Å²) in [5.41, 5.74) is -1.97. The van der Waals surface area contributed by atoms with E-state index in [2.05, 4.69) is 4.98 Å². The van der Waals surface area contributed by atoms with Gasteiger partial charge in [-0.2, -0.15) is 13.2 Å². The third-order valence-electron chi connectivity index (χ3n) is 5.27. The van der Waals surface area contributed by atoms with Gasteiger partial charge in [0.15, 0.2) is 11.6 Å². The molecule has 4 rings (SSSR count). The fraction of sp³-hybridized carbons (Fsp3) is 0.160. The van der Waals surface area contributed by atoms with Gasteiger partial charge in [0.25, 0.3) is 0 Å². The van der Waals surface area contributed by atoms with Crippen molar-refractivity contribution in [2.75, 3.05) is 0 Å². The van der Waals surface area contributed by atoms with Crippen LogP contribution in [0.3, 0.4) is 0 Å². The van der Waals surface area contributed by atoms with Crippen molar-refractivity contribution < 1.29 is 31.4 Å². The monoisotopic (exact) mass is 476 g/mol. The molecule has 0 aliphatic rings. The number of rotatable bonds is 4. The van der Waals surface area contributed by atoms with Crippen molar-refractivity contribution in [3.05, 3.63) is 95.6 Å². The summed E-state index contributed by atoms with van der Waals surface area (Å²) in [6.45, 7) is 2.90. The molecule has 0 saturated heterocycles. The lowest BCUT2D eigenvalue weighted by molar-refractivity contribution is -0.137. The summed E-state index contributed by atoms with van der Waals surface area (Å²) in [6, 6.07) is 11.9. The zero-order valence-electron chi connectivity index (χ0n) is 18.0. The number of imidazole rings is 1. The third-order valence-corrected chi connectivity index (χ3v) is 5.27. The largest absolute Gasteiger partial charge is 0.417 e. The van der Waals surface area contributed by atoms with Crippen LogP contribution in [0.2, 0.25) is 0 Å². The number of hydrogen-bond donors (Lipinski definition) is 1. The van der Waals surface area contributed by atoms with Gasteiger partial charge in [0.1, 0.15) is 17.2 Å². The maximum absolute atomic E-state index is 14.2. The average Bonchev–Trinajstić information content (AvgIpc) is 3.22. The summed E-state index contributed by atoms with van der Waals surface area (Å²) in [5, 5.41) is 10.4. The van der Waals surface area contributed by atoms with Crippen LogP contribution in [0.4, 0.5) is 26.3 Å². The van der Waals surface area contributed by atoms with E-state index in [9.17, 15) is 31.4 Å². The number of aromatic nitrogens is 2. The van der Waals surface area contributed by atoms with Gasteiger partial charge in [-0.05, 0) is 43.7 Å². The second-order valence-corrected chi connectivity index (χ2v) is 8.22. The molecule has 1 N–H and O–H groups in total. The molecule has 0 aliphatic heterocycles. The van der Waals surface area contributed by atoms with E-state index in [-0.39, 0.29) is 28.2 Å². The molecule has 0 spiro atoms. The molecule has 9 heteroatoms. The summed E-state index contributed by atoms with van der Waals surface area (Å²) in [7, 11) is 0. The van der Waals surface area contributed by atoms with Crippen molar-refractivity contribution in [2.45, 2.75) is 25.6 Å². The summed E-state index contributed by atoms with van der Waals surface area (Å²) in [6.07, 6.45) is -3.23. The molecule has 0 bridgehead atoms. The van der Waals surface area contributed by atoms with Crippen molar-refractivity contribution in [1.29, 1.82) is 0 Å². The van der Waals surface area contributed by atoms with E-state index in [0.717, 1.165) is 12.1 Å². The Labute approximate surface area is 190 Å². The first-order chi connectivity index (χ1) is 15.9. The van der Waals surface area contributed by atoms with Crippen molar-refractivity contribution in [3.8, 4) is 28.2 Å². The Hall–Kier alpha value is -3.59. The average molecular weight is 476 g/mol. The summed E-state index contributed by atoms with van der Waals surface area (Å²) in [5.74, 6) is -3.55. The van der Waals surface area contributed by atoms with Crippen LogP contribution >= 0.6 is 0 Å². The highest BCUT2D eigenvalue weighted by molar-refractivity contribution is 5.68. The Kier molecular flexibility index (Phi) is 5.77. The normalized spacial score (nSPS) is 12.3. The van der Waals surface area contributed by atoms with Crippen LogP contribution in [0.1, 0.15) is 25.1 Å². The lowest BCUT2D eigenvalue weighted by atomic mass is 10.0. The molecule has 0 aliphatic carbocycles. The standard InChI is InChI=1S/C25H18F6N2O/c1-24(2,34)22-13-33(23(32-22)16-5-3-4-6-18(16)25(29,30)31)15-9-7-14(8-10-15)17-11-20(27)21(28)12-19(17)26/h3-13,34H,1-2H3. The molecule has 0 radical (unpaired) electrons. The highest BCUT2D eigenvalue weighted by atomic mass is 19.4. The number of nitrogens with zero attached hydrogens (tertiary/aromatic N) is 2. The highest BCUT2D eigenvalue weighted by Crippen LogP contribution is 2.38. The maximum atomic E-state index is 14.2. The third kappa shape index (κ3) is 4.43. The number of aliphatic hydroxyl groups is 1. The fourth-order valence-electron chi connectivity index (χ4n) is 3.53. The topological polar surface area (TPSA) is 38.0 Å². The van der Waals surface area contributed by atoms with Gasteiger partial charge in [0.05, 0.1) is 11.3 Å². The van der Waals surface area contributed by atoms with Crippen LogP contribution in [-0.2, 0) is 11.8 Å². The molecule has 3 aromatic carbocycles. The van der Waals surface area contributed by atoms with Crippen molar-refractivity contribution in [3.63, 3.8) is 0 Å². The van der Waals surface area contributed by atoms with Crippen molar-refractivity contribution in [1.82, 2.24) is 9.55 Å². The quantitative estimate of drug-likeness (QED) is 0.258. The minimum atomic E-state index is -4.64. The van der Waals surface area contributed by atoms with E-state index in [1.165, 1.54) is 67.1 Å². The van der Waals surface area contributed by atoms with Crippen LogP contribution in [0.25, 0.3) is 28.2 Å². The van der Waals surface area contributed by atoms with Crippen LogP contribution in [0.15, 0.2) is 66.9 Å². The van der Waals surface area contributed by atoms with E-state index in [1.54, 1.807) is 0 Å². The molecule has 4 aromatic rings. The van der Waals surface area contributed by atoms with Crippen molar-refractivity contribution in [2.24, 2.45) is 0 Å². The number of benzene rings is 3. The van der Waals surface area contributed by atoms with Crippen LogP contribution in [0.5, 0.6) is 0 Å². The maximum Gasteiger partial charge on any atom is 0.417 e. The Morgan fingerprint density at radius 1 is 0.794 bits per heavy atom. The molecule has 0 atom stereocenters. The van der Waals surface area contributed by atoms with Gasteiger partial charge in [-0.25, -0.2) is 18.2 Å². The molecule has 176 valence electrons. The predicted molar refractivity (Wildman–Crippen MR) is 115 cm³/mol. The predicted octanol–water partition coefficient (Wildman–Crippen LogP) is 6.87. The van der Waals surface area contributed by atoms with Gasteiger partial charge in [0, 0.05) is 29.1 Å². The molecular formula is C25H18F6N2O. The van der Waals surface area contributed by atoms with Crippen molar-refractivity contribution >= 4 is 0 Å².